The summed E-state index contributed by atoms with van der Waals surface area (Å²) >= 11 is 0. The third-order valence-corrected chi connectivity index (χ3v) is 2.52. The van der Waals surface area contributed by atoms with Crippen molar-refractivity contribution in [2.45, 2.75) is 12.1 Å². The van der Waals surface area contributed by atoms with Crippen LogP contribution in [0.4, 0.5) is 0 Å². The van der Waals surface area contributed by atoms with Crippen LogP contribution >= 0.6 is 0 Å². The number of esters is 1. The molecule has 0 radical (unpaired) electrons. The van der Waals surface area contributed by atoms with E-state index in [0.29, 0.717) is 5.56 Å². The van der Waals surface area contributed by atoms with Crippen LogP contribution in [-0.4, -0.2) is 37.7 Å². The number of aromatic nitrogens is 2. The molecule has 6 nitrogen and oxygen atoms in total. The highest BCUT2D eigenvalue weighted by molar-refractivity contribution is 7.90. The van der Waals surface area contributed by atoms with Crippen LogP contribution in [-0.2, 0) is 14.6 Å². The molecule has 0 fully saturated rings. The van der Waals surface area contributed by atoms with Gasteiger partial charge in [-0.05, 0) is 6.92 Å². The molecule has 0 atom stereocenters. The van der Waals surface area contributed by atoms with Crippen LogP contribution in [0.2, 0.25) is 0 Å². The van der Waals surface area contributed by atoms with E-state index >= 15 is 0 Å². The van der Waals surface area contributed by atoms with E-state index in [1.54, 1.807) is 6.92 Å². The Morgan fingerprint density at radius 3 is 2.53 bits per heavy atom. The Bertz CT molecular complexity index is 495. The van der Waals surface area contributed by atoms with Crippen LogP contribution in [0.5, 0.6) is 0 Å². The van der Waals surface area contributed by atoms with Gasteiger partial charge in [-0.1, -0.05) is 0 Å². The first-order chi connectivity index (χ1) is 6.86. The van der Waals surface area contributed by atoms with Gasteiger partial charge in [0.25, 0.3) is 0 Å². The number of sulfone groups is 1. The predicted molar refractivity (Wildman–Crippen MR) is 51.2 cm³/mol. The molecule has 0 unspecified atom stereocenters. The summed E-state index contributed by atoms with van der Waals surface area (Å²) in [5.41, 5.74) is 0.433. The Hall–Kier alpha value is -1.50. The molecule has 0 aliphatic carbocycles. The fourth-order valence-electron chi connectivity index (χ4n) is 0.908. The lowest BCUT2D eigenvalue weighted by molar-refractivity contribution is 0.0592. The monoisotopic (exact) mass is 230 g/mol. The maximum absolute atomic E-state index is 11.2. The van der Waals surface area contributed by atoms with E-state index in [9.17, 15) is 13.2 Å². The topological polar surface area (TPSA) is 86.2 Å². The summed E-state index contributed by atoms with van der Waals surface area (Å²) in [6.45, 7) is 1.60. The van der Waals surface area contributed by atoms with Crippen LogP contribution in [0.1, 0.15) is 16.1 Å². The van der Waals surface area contributed by atoms with Gasteiger partial charge >= 0.3 is 5.97 Å². The third-order valence-electron chi connectivity index (χ3n) is 1.66. The average Bonchev–Trinajstić information content (AvgIpc) is 2.15. The van der Waals surface area contributed by atoms with E-state index < -0.39 is 15.8 Å². The first kappa shape index (κ1) is 11.6. The van der Waals surface area contributed by atoms with Crippen LogP contribution < -0.4 is 0 Å². The van der Waals surface area contributed by atoms with E-state index in [1.165, 1.54) is 13.3 Å². The minimum absolute atomic E-state index is 0.0343. The van der Waals surface area contributed by atoms with Crippen molar-refractivity contribution in [2.24, 2.45) is 0 Å². The molecule has 0 spiro atoms. The Labute approximate surface area is 87.2 Å². The van der Waals surface area contributed by atoms with Crippen molar-refractivity contribution in [1.29, 1.82) is 0 Å². The molecule has 82 valence electrons. The summed E-state index contributed by atoms with van der Waals surface area (Å²) in [6.07, 6.45) is 2.24. The van der Waals surface area contributed by atoms with Gasteiger partial charge in [0.2, 0.25) is 15.0 Å². The summed E-state index contributed by atoms with van der Waals surface area (Å²) in [5, 5.41) is -0.381. The van der Waals surface area contributed by atoms with Crippen molar-refractivity contribution in [3.63, 3.8) is 0 Å². The molecule has 15 heavy (non-hydrogen) atoms. The quantitative estimate of drug-likeness (QED) is 0.524. The van der Waals surface area contributed by atoms with E-state index in [0.717, 1.165) is 6.26 Å². The van der Waals surface area contributed by atoms with Gasteiger partial charge in [0, 0.05) is 18.0 Å². The maximum Gasteiger partial charge on any atom is 0.357 e. The zero-order chi connectivity index (χ0) is 11.6. The highest BCUT2D eigenvalue weighted by Crippen LogP contribution is 2.08. The Balaban J connectivity index is 3.36. The van der Waals surface area contributed by atoms with Crippen molar-refractivity contribution in [2.75, 3.05) is 13.4 Å². The second-order valence-corrected chi connectivity index (χ2v) is 4.86. The number of nitrogens with zero attached hydrogens (tertiary/aromatic N) is 2. The molecular formula is C8H10N2O4S. The van der Waals surface area contributed by atoms with Crippen LogP contribution in [0.25, 0.3) is 0 Å². The fourth-order valence-corrected chi connectivity index (χ4v) is 1.41. The number of ether oxygens (including phenoxy) is 1. The third kappa shape index (κ3) is 2.50. The van der Waals surface area contributed by atoms with Crippen LogP contribution in [0.15, 0.2) is 11.4 Å². The summed E-state index contributed by atoms with van der Waals surface area (Å²) in [6, 6.07) is 0. The Morgan fingerprint density at radius 2 is 2.07 bits per heavy atom. The number of carbonyl (C=O) groups excluding carboxylic acids is 1. The molecule has 1 heterocycles. The van der Waals surface area contributed by atoms with Crippen molar-refractivity contribution >= 4 is 15.8 Å². The normalized spacial score (nSPS) is 11.1. The smallest absolute Gasteiger partial charge is 0.357 e. The number of hydrogen-bond acceptors (Lipinski definition) is 6. The summed E-state index contributed by atoms with van der Waals surface area (Å²) in [4.78, 5) is 18.5. The average molecular weight is 230 g/mol. The highest BCUT2D eigenvalue weighted by atomic mass is 32.2. The van der Waals surface area contributed by atoms with Gasteiger partial charge in [0.05, 0.1) is 7.11 Å². The first-order valence-electron chi connectivity index (χ1n) is 3.98. The number of methoxy groups -OCH3 is 1. The molecule has 0 amide bonds. The zero-order valence-electron chi connectivity index (χ0n) is 8.51. The molecule has 7 heteroatoms. The summed E-state index contributed by atoms with van der Waals surface area (Å²) in [5.74, 6) is -0.681. The second kappa shape index (κ2) is 3.93. The molecule has 0 saturated carbocycles. The van der Waals surface area contributed by atoms with E-state index in [4.69, 9.17) is 0 Å². The molecular weight excluding hydrogens is 220 g/mol. The number of aryl methyl sites for hydroxylation is 1. The molecule has 0 N–H and O–H groups in total. The largest absolute Gasteiger partial charge is 0.464 e. The molecule has 0 aromatic carbocycles. The lowest BCUT2D eigenvalue weighted by Crippen LogP contribution is -2.12. The number of carbonyl (C=O) groups is 1. The van der Waals surface area contributed by atoms with Crippen LogP contribution in [0, 0.1) is 6.92 Å². The van der Waals surface area contributed by atoms with Crippen molar-refractivity contribution in [3.05, 3.63) is 17.5 Å². The predicted octanol–water partition coefficient (Wildman–Crippen LogP) is -0.0249. The Kier molecular flexibility index (Phi) is 3.04. The minimum Gasteiger partial charge on any atom is -0.464 e. The molecule has 1 rings (SSSR count). The van der Waals surface area contributed by atoms with Gasteiger partial charge < -0.3 is 4.74 Å². The summed E-state index contributed by atoms with van der Waals surface area (Å²) < 4.78 is 26.7. The summed E-state index contributed by atoms with van der Waals surface area (Å²) in [7, 11) is -2.32. The molecule has 0 bridgehead atoms. The lowest BCUT2D eigenvalue weighted by atomic mass is 10.2. The van der Waals surface area contributed by atoms with Gasteiger partial charge in [-0.3, -0.25) is 0 Å². The van der Waals surface area contributed by atoms with Gasteiger partial charge in [-0.25, -0.2) is 23.2 Å². The molecule has 0 aliphatic rings. The zero-order valence-corrected chi connectivity index (χ0v) is 9.33. The van der Waals surface area contributed by atoms with Crippen molar-refractivity contribution in [3.8, 4) is 0 Å². The second-order valence-electron chi connectivity index (χ2n) is 2.95. The van der Waals surface area contributed by atoms with Gasteiger partial charge in [0.1, 0.15) is 0 Å². The van der Waals surface area contributed by atoms with E-state index in [1.807, 2.05) is 0 Å². The standard InChI is InChI=1S/C8H10N2O4S/c1-5-4-9-8(15(3,12)13)10-6(5)7(11)14-2/h4H,1-3H3. The van der Waals surface area contributed by atoms with Crippen molar-refractivity contribution < 1.29 is 17.9 Å². The first-order valence-corrected chi connectivity index (χ1v) is 5.87. The highest BCUT2D eigenvalue weighted by Gasteiger charge is 2.17. The van der Waals surface area contributed by atoms with Crippen LogP contribution in [0.3, 0.4) is 0 Å². The van der Waals surface area contributed by atoms with E-state index in [-0.39, 0.29) is 10.9 Å². The maximum atomic E-state index is 11.2. The van der Waals surface area contributed by atoms with E-state index in [2.05, 4.69) is 14.7 Å². The lowest BCUT2D eigenvalue weighted by Gasteiger charge is -2.03. The molecule has 0 aliphatic heterocycles. The molecule has 0 saturated heterocycles. The van der Waals surface area contributed by atoms with Crippen molar-refractivity contribution in [1.82, 2.24) is 9.97 Å². The fraction of sp³-hybridized carbons (Fsp3) is 0.375. The van der Waals surface area contributed by atoms with Gasteiger partial charge in [-0.15, -0.1) is 0 Å². The van der Waals surface area contributed by atoms with Gasteiger partial charge in [0.15, 0.2) is 5.69 Å². The minimum atomic E-state index is -3.51. The molecule has 1 aromatic rings. The SMILES string of the molecule is COC(=O)c1nc(S(C)(=O)=O)ncc1C. The number of hydrogen-bond donors (Lipinski definition) is 0. The number of rotatable bonds is 2. The molecule has 1 aromatic heterocycles. The van der Waals surface area contributed by atoms with Gasteiger partial charge in [-0.2, -0.15) is 0 Å². The Morgan fingerprint density at radius 1 is 1.47 bits per heavy atom.